The van der Waals surface area contributed by atoms with Gasteiger partial charge in [-0.05, 0) is 63.1 Å². The molecule has 2 heterocycles. The van der Waals surface area contributed by atoms with E-state index in [2.05, 4.69) is 10.3 Å². The lowest BCUT2D eigenvalue weighted by Gasteiger charge is -2.37. The molecule has 7 heteroatoms. The second-order valence-corrected chi connectivity index (χ2v) is 9.67. The van der Waals surface area contributed by atoms with Crippen molar-refractivity contribution >= 4 is 32.5 Å². The maximum Gasteiger partial charge on any atom is 0.257 e. The Bertz CT molecular complexity index is 1160. The Balaban J connectivity index is 1.56. The van der Waals surface area contributed by atoms with Crippen LogP contribution < -0.4 is 5.32 Å². The van der Waals surface area contributed by atoms with Gasteiger partial charge in [-0.25, -0.2) is 8.42 Å². The van der Waals surface area contributed by atoms with Crippen LogP contribution in [-0.4, -0.2) is 35.7 Å². The summed E-state index contributed by atoms with van der Waals surface area (Å²) in [7, 11) is -3.58. The highest BCUT2D eigenvalue weighted by atomic mass is 32.2. The van der Waals surface area contributed by atoms with E-state index in [4.69, 9.17) is 0 Å². The van der Waals surface area contributed by atoms with Crippen molar-refractivity contribution in [1.82, 2.24) is 9.29 Å². The third-order valence-electron chi connectivity index (χ3n) is 5.68. The molecular weight excluding hydrogens is 398 g/mol. The second kappa shape index (κ2) is 8.16. The van der Waals surface area contributed by atoms with Crippen LogP contribution in [0.2, 0.25) is 0 Å². The average Bonchev–Trinajstić information content (AvgIpc) is 2.73. The molecule has 1 saturated heterocycles. The lowest BCUT2D eigenvalue weighted by atomic mass is 10.0. The molecule has 0 unspecified atom stereocenters. The first-order valence-corrected chi connectivity index (χ1v) is 11.6. The third kappa shape index (κ3) is 3.82. The minimum atomic E-state index is -3.58. The van der Waals surface area contributed by atoms with E-state index in [9.17, 15) is 13.2 Å². The summed E-state index contributed by atoms with van der Waals surface area (Å²) in [6.07, 6.45) is 4.44. The van der Waals surface area contributed by atoms with Crippen LogP contribution in [0.1, 0.15) is 43.5 Å². The molecule has 30 heavy (non-hydrogen) atoms. The van der Waals surface area contributed by atoms with Crippen LogP contribution in [0.5, 0.6) is 0 Å². The van der Waals surface area contributed by atoms with Gasteiger partial charge in [0.15, 0.2) is 0 Å². The number of amides is 1. The Morgan fingerprint density at radius 2 is 1.67 bits per heavy atom. The highest BCUT2D eigenvalue weighted by Gasteiger charge is 2.35. The van der Waals surface area contributed by atoms with Gasteiger partial charge in [-0.2, -0.15) is 4.31 Å². The van der Waals surface area contributed by atoms with Crippen molar-refractivity contribution in [2.75, 3.05) is 5.32 Å². The zero-order valence-electron chi connectivity index (χ0n) is 17.1. The minimum absolute atomic E-state index is 0.0167. The Morgan fingerprint density at radius 1 is 1.00 bits per heavy atom. The molecule has 1 N–H and O–H groups in total. The smallest absolute Gasteiger partial charge is 0.257 e. The van der Waals surface area contributed by atoms with E-state index in [-0.39, 0.29) is 22.9 Å². The molecule has 1 aromatic heterocycles. The molecule has 0 spiro atoms. The molecule has 0 radical (unpaired) electrons. The molecule has 1 aliphatic rings. The van der Waals surface area contributed by atoms with Gasteiger partial charge in [-0.15, -0.1) is 0 Å². The van der Waals surface area contributed by atoms with Gasteiger partial charge in [-0.3, -0.25) is 9.78 Å². The van der Waals surface area contributed by atoms with E-state index in [0.717, 1.165) is 24.6 Å². The summed E-state index contributed by atoms with van der Waals surface area (Å²) in [5.41, 5.74) is 1.64. The standard InChI is InChI=1S/C23H25N3O3S/c1-16-6-3-7-17(2)26(16)30(28,29)20-13-11-19(12-14-20)25-23(27)21-10-4-8-18-9-5-15-24-22(18)21/h4-5,8-17H,3,6-7H2,1-2H3,(H,25,27)/t16-,17-/m1/s1. The number of pyridine rings is 1. The number of hydrogen-bond donors (Lipinski definition) is 1. The number of benzene rings is 2. The number of fused-ring (bicyclic) bond motifs is 1. The number of carbonyl (C=O) groups is 1. The summed E-state index contributed by atoms with van der Waals surface area (Å²) in [4.78, 5) is 17.3. The number of carbonyl (C=O) groups excluding carboxylic acids is 1. The minimum Gasteiger partial charge on any atom is -0.322 e. The van der Waals surface area contributed by atoms with E-state index in [1.165, 1.54) is 0 Å². The normalized spacial score (nSPS) is 20.2. The molecule has 1 aliphatic heterocycles. The number of rotatable bonds is 4. The summed E-state index contributed by atoms with van der Waals surface area (Å²) in [5, 5.41) is 3.72. The van der Waals surface area contributed by atoms with Gasteiger partial charge < -0.3 is 5.32 Å². The van der Waals surface area contributed by atoms with Gasteiger partial charge in [-0.1, -0.05) is 24.6 Å². The summed E-state index contributed by atoms with van der Waals surface area (Å²) < 4.78 is 27.9. The molecule has 0 saturated carbocycles. The monoisotopic (exact) mass is 423 g/mol. The zero-order chi connectivity index (χ0) is 21.3. The van der Waals surface area contributed by atoms with Crippen LogP contribution in [0.4, 0.5) is 5.69 Å². The van der Waals surface area contributed by atoms with Gasteiger partial charge in [0.2, 0.25) is 10.0 Å². The van der Waals surface area contributed by atoms with Crippen molar-refractivity contribution < 1.29 is 13.2 Å². The van der Waals surface area contributed by atoms with Crippen LogP contribution in [0.15, 0.2) is 65.7 Å². The topological polar surface area (TPSA) is 79.4 Å². The molecule has 4 rings (SSSR count). The zero-order valence-corrected chi connectivity index (χ0v) is 17.9. The van der Waals surface area contributed by atoms with E-state index in [1.54, 1.807) is 40.8 Å². The predicted molar refractivity (Wildman–Crippen MR) is 118 cm³/mol. The lowest BCUT2D eigenvalue weighted by molar-refractivity contribution is 0.102. The first-order valence-electron chi connectivity index (χ1n) is 10.2. The van der Waals surface area contributed by atoms with E-state index < -0.39 is 10.0 Å². The number of nitrogens with zero attached hydrogens (tertiary/aromatic N) is 2. The molecule has 1 amide bonds. The lowest BCUT2D eigenvalue weighted by Crippen LogP contribution is -2.47. The van der Waals surface area contributed by atoms with Crippen LogP contribution in [0.25, 0.3) is 10.9 Å². The van der Waals surface area contributed by atoms with Gasteiger partial charge in [0.25, 0.3) is 5.91 Å². The number of nitrogens with one attached hydrogen (secondary N) is 1. The molecule has 1 fully saturated rings. The summed E-state index contributed by atoms with van der Waals surface area (Å²) in [6, 6.07) is 15.5. The van der Waals surface area contributed by atoms with Crippen LogP contribution in [0, 0.1) is 0 Å². The first kappa shape index (κ1) is 20.5. The molecule has 0 aliphatic carbocycles. The van der Waals surface area contributed by atoms with Gasteiger partial charge in [0.1, 0.15) is 0 Å². The molecule has 156 valence electrons. The highest BCUT2D eigenvalue weighted by molar-refractivity contribution is 7.89. The average molecular weight is 424 g/mol. The number of piperidine rings is 1. The fraction of sp³-hybridized carbons (Fsp3) is 0.304. The second-order valence-electron chi connectivity index (χ2n) is 7.82. The van der Waals surface area contributed by atoms with Gasteiger partial charge >= 0.3 is 0 Å². The number of aromatic nitrogens is 1. The highest BCUT2D eigenvalue weighted by Crippen LogP contribution is 2.30. The first-order chi connectivity index (χ1) is 14.4. The Kier molecular flexibility index (Phi) is 5.58. The van der Waals surface area contributed by atoms with Crippen molar-refractivity contribution in [3.63, 3.8) is 0 Å². The predicted octanol–water partition coefficient (Wildman–Crippen LogP) is 4.44. The molecule has 0 bridgehead atoms. The van der Waals surface area contributed by atoms with Crippen molar-refractivity contribution in [3.05, 3.63) is 66.4 Å². The number of sulfonamides is 1. The summed E-state index contributed by atoms with van der Waals surface area (Å²) in [5.74, 6) is -0.284. The Hall–Kier alpha value is -2.77. The maximum atomic E-state index is 13.1. The molecule has 6 nitrogen and oxygen atoms in total. The third-order valence-corrected chi connectivity index (χ3v) is 7.82. The number of anilines is 1. The van der Waals surface area contributed by atoms with Crippen molar-refractivity contribution in [2.24, 2.45) is 0 Å². The maximum absolute atomic E-state index is 13.1. The number of hydrogen-bond acceptors (Lipinski definition) is 4. The Labute approximate surface area is 177 Å². The summed E-state index contributed by atoms with van der Waals surface area (Å²) in [6.45, 7) is 3.92. The largest absolute Gasteiger partial charge is 0.322 e. The fourth-order valence-electron chi connectivity index (χ4n) is 4.19. The molecular formula is C23H25N3O3S. The quantitative estimate of drug-likeness (QED) is 0.673. The molecule has 2 atom stereocenters. The Morgan fingerprint density at radius 3 is 2.37 bits per heavy atom. The van der Waals surface area contributed by atoms with Crippen LogP contribution in [0.3, 0.4) is 0 Å². The fourth-order valence-corrected chi connectivity index (χ4v) is 6.07. The van der Waals surface area contributed by atoms with Gasteiger partial charge in [0, 0.05) is 29.4 Å². The molecule has 2 aromatic carbocycles. The van der Waals surface area contributed by atoms with E-state index >= 15 is 0 Å². The van der Waals surface area contributed by atoms with Crippen LogP contribution >= 0.6 is 0 Å². The SMILES string of the molecule is C[C@@H]1CCC[C@@H](C)N1S(=O)(=O)c1ccc(NC(=O)c2cccc3cccnc23)cc1. The number of para-hydroxylation sites is 1. The van der Waals surface area contributed by atoms with E-state index in [1.807, 2.05) is 38.1 Å². The van der Waals surface area contributed by atoms with Crippen LogP contribution in [-0.2, 0) is 10.0 Å². The van der Waals surface area contributed by atoms with E-state index in [0.29, 0.717) is 16.8 Å². The van der Waals surface area contributed by atoms with Crippen molar-refractivity contribution in [2.45, 2.75) is 50.1 Å². The summed E-state index contributed by atoms with van der Waals surface area (Å²) >= 11 is 0. The van der Waals surface area contributed by atoms with Crippen molar-refractivity contribution in [1.29, 1.82) is 0 Å². The van der Waals surface area contributed by atoms with Gasteiger partial charge in [0.05, 0.1) is 16.0 Å². The molecule has 3 aromatic rings. The van der Waals surface area contributed by atoms with Crippen molar-refractivity contribution in [3.8, 4) is 0 Å².